The predicted octanol–water partition coefficient (Wildman–Crippen LogP) is 4.49. The highest BCUT2D eigenvalue weighted by Crippen LogP contribution is 2.38. The molecule has 124 valence electrons. The van der Waals surface area contributed by atoms with Crippen LogP contribution in [0.15, 0.2) is 59.3 Å². The number of pyridine rings is 2. The largest absolute Gasteiger partial charge is 0.436 e. The molecule has 0 saturated heterocycles. The average molecular weight is 338 g/mol. The van der Waals surface area contributed by atoms with E-state index in [1.807, 2.05) is 0 Å². The fourth-order valence-corrected chi connectivity index (χ4v) is 2.64. The zero-order valence-electron chi connectivity index (χ0n) is 12.8. The van der Waals surface area contributed by atoms with Gasteiger partial charge in [0.1, 0.15) is 17.2 Å². The minimum Gasteiger partial charge on any atom is -0.436 e. The molecule has 7 heteroatoms. The zero-order valence-corrected chi connectivity index (χ0v) is 12.8. The molecule has 1 aromatic carbocycles. The molecule has 25 heavy (non-hydrogen) atoms. The summed E-state index contributed by atoms with van der Waals surface area (Å²) in [7, 11) is 0. The van der Waals surface area contributed by atoms with Crippen LogP contribution < -0.4 is 11.1 Å². The minimum absolute atomic E-state index is 0.128. The molecule has 0 saturated carbocycles. The van der Waals surface area contributed by atoms with Gasteiger partial charge in [-0.3, -0.25) is 4.98 Å². The van der Waals surface area contributed by atoms with Crippen molar-refractivity contribution >= 4 is 28.2 Å². The molecule has 0 aliphatic rings. The molecule has 4 aromatic rings. The van der Waals surface area contributed by atoms with Gasteiger partial charge in [-0.1, -0.05) is 6.07 Å². The van der Waals surface area contributed by atoms with E-state index in [9.17, 15) is 8.78 Å². The fraction of sp³-hybridized carbons (Fsp3) is 0. The van der Waals surface area contributed by atoms with Crippen molar-refractivity contribution in [3.8, 4) is 11.3 Å². The molecular weight excluding hydrogens is 326 g/mol. The second-order valence-corrected chi connectivity index (χ2v) is 5.38. The summed E-state index contributed by atoms with van der Waals surface area (Å²) in [4.78, 5) is 7.80. The Labute approximate surface area is 141 Å². The third kappa shape index (κ3) is 2.76. The lowest BCUT2D eigenvalue weighted by atomic mass is 10.1. The number of hydrogen-bond donors (Lipinski definition) is 2. The first-order chi connectivity index (χ1) is 12.1. The zero-order chi connectivity index (χ0) is 17.4. The standard InChI is InChI=1S/C18H12F2N4O/c19-11-2-1-3-12(9-11)24-16-13-5-7-23-15(17(13)25-18(16)21)10-4-6-22-14(20)8-10/h1-9,24H,21H2. The van der Waals surface area contributed by atoms with E-state index in [-0.39, 0.29) is 11.7 Å². The fourth-order valence-electron chi connectivity index (χ4n) is 2.64. The molecule has 3 N–H and O–H groups in total. The Bertz CT molecular complexity index is 1080. The van der Waals surface area contributed by atoms with E-state index in [1.54, 1.807) is 30.5 Å². The van der Waals surface area contributed by atoms with Crippen molar-refractivity contribution in [1.82, 2.24) is 9.97 Å². The molecular formula is C18H12F2N4O. The average Bonchev–Trinajstić information content (AvgIpc) is 2.91. The van der Waals surface area contributed by atoms with E-state index in [4.69, 9.17) is 10.2 Å². The predicted molar refractivity (Wildman–Crippen MR) is 91.3 cm³/mol. The number of nitrogens with zero attached hydrogens (tertiary/aromatic N) is 2. The van der Waals surface area contributed by atoms with E-state index in [0.717, 1.165) is 0 Å². The quantitative estimate of drug-likeness (QED) is 0.538. The van der Waals surface area contributed by atoms with Crippen LogP contribution in [0.5, 0.6) is 0 Å². The van der Waals surface area contributed by atoms with E-state index < -0.39 is 5.95 Å². The number of benzene rings is 1. The third-order valence-corrected chi connectivity index (χ3v) is 3.73. The van der Waals surface area contributed by atoms with Gasteiger partial charge in [0.25, 0.3) is 0 Å². The number of nitrogens with one attached hydrogen (secondary N) is 1. The number of anilines is 3. The summed E-state index contributed by atoms with van der Waals surface area (Å²) >= 11 is 0. The molecule has 3 aromatic heterocycles. The van der Waals surface area contributed by atoms with Crippen molar-refractivity contribution in [2.45, 2.75) is 0 Å². The first kappa shape index (κ1) is 15.1. The van der Waals surface area contributed by atoms with Gasteiger partial charge in [0.05, 0.1) is 5.39 Å². The lowest BCUT2D eigenvalue weighted by Crippen LogP contribution is -1.94. The number of fused-ring (bicyclic) bond motifs is 1. The third-order valence-electron chi connectivity index (χ3n) is 3.73. The van der Waals surface area contributed by atoms with Crippen molar-refractivity contribution in [3.63, 3.8) is 0 Å². The number of nitrogens with two attached hydrogens (primary N) is 1. The molecule has 0 aliphatic heterocycles. The minimum atomic E-state index is -0.617. The molecule has 0 aliphatic carbocycles. The van der Waals surface area contributed by atoms with Gasteiger partial charge in [0, 0.05) is 29.7 Å². The Hall–Kier alpha value is -3.48. The number of rotatable bonds is 3. The van der Waals surface area contributed by atoms with Crippen molar-refractivity contribution < 1.29 is 13.2 Å². The highest BCUT2D eigenvalue weighted by atomic mass is 19.1. The van der Waals surface area contributed by atoms with Gasteiger partial charge in [-0.25, -0.2) is 9.37 Å². The van der Waals surface area contributed by atoms with Crippen LogP contribution in [-0.4, -0.2) is 9.97 Å². The number of halogens is 2. The van der Waals surface area contributed by atoms with E-state index in [2.05, 4.69) is 15.3 Å². The SMILES string of the molecule is Nc1oc2c(-c3ccnc(F)c3)nccc2c1Nc1cccc(F)c1. The van der Waals surface area contributed by atoms with Crippen molar-refractivity contribution in [2.75, 3.05) is 11.1 Å². The van der Waals surface area contributed by atoms with Crippen LogP contribution in [-0.2, 0) is 0 Å². The van der Waals surface area contributed by atoms with E-state index in [1.165, 1.54) is 24.4 Å². The molecule has 0 fully saturated rings. The molecule has 3 heterocycles. The number of furan rings is 1. The summed E-state index contributed by atoms with van der Waals surface area (Å²) in [6.07, 6.45) is 2.92. The van der Waals surface area contributed by atoms with Gasteiger partial charge < -0.3 is 15.5 Å². The summed E-state index contributed by atoms with van der Waals surface area (Å²) in [5.74, 6) is -0.858. The van der Waals surface area contributed by atoms with Gasteiger partial charge >= 0.3 is 0 Å². The van der Waals surface area contributed by atoms with Crippen LogP contribution in [0.4, 0.5) is 26.0 Å². The maximum atomic E-state index is 13.4. The molecule has 0 bridgehead atoms. The Morgan fingerprint density at radius 3 is 2.64 bits per heavy atom. The van der Waals surface area contributed by atoms with Crippen LogP contribution in [0.25, 0.3) is 22.2 Å². The smallest absolute Gasteiger partial charge is 0.215 e. The Morgan fingerprint density at radius 2 is 1.84 bits per heavy atom. The molecule has 0 amide bonds. The molecule has 0 atom stereocenters. The van der Waals surface area contributed by atoms with Crippen LogP contribution in [0.1, 0.15) is 0 Å². The summed E-state index contributed by atoms with van der Waals surface area (Å²) in [5, 5.41) is 3.71. The molecule has 0 unspecified atom stereocenters. The maximum Gasteiger partial charge on any atom is 0.215 e. The molecule has 4 rings (SSSR count). The molecule has 0 spiro atoms. The lowest BCUT2D eigenvalue weighted by Gasteiger charge is -2.05. The Morgan fingerprint density at radius 1 is 1.00 bits per heavy atom. The molecule has 5 nitrogen and oxygen atoms in total. The number of aromatic nitrogens is 2. The summed E-state index contributed by atoms with van der Waals surface area (Å²) < 4.78 is 32.5. The topological polar surface area (TPSA) is 77.0 Å². The van der Waals surface area contributed by atoms with E-state index in [0.29, 0.717) is 33.6 Å². The highest BCUT2D eigenvalue weighted by Gasteiger charge is 2.17. The summed E-state index contributed by atoms with van der Waals surface area (Å²) in [5.41, 5.74) is 8.38. The second kappa shape index (κ2) is 5.86. The van der Waals surface area contributed by atoms with Crippen molar-refractivity contribution in [1.29, 1.82) is 0 Å². The van der Waals surface area contributed by atoms with Gasteiger partial charge in [0.15, 0.2) is 5.58 Å². The van der Waals surface area contributed by atoms with Crippen LogP contribution in [0.3, 0.4) is 0 Å². The van der Waals surface area contributed by atoms with Crippen LogP contribution >= 0.6 is 0 Å². The van der Waals surface area contributed by atoms with Crippen molar-refractivity contribution in [2.24, 2.45) is 0 Å². The normalized spacial score (nSPS) is 11.0. The summed E-state index contributed by atoms with van der Waals surface area (Å²) in [6.45, 7) is 0. The maximum absolute atomic E-state index is 13.4. The highest BCUT2D eigenvalue weighted by molar-refractivity contribution is 6.03. The first-order valence-corrected chi connectivity index (χ1v) is 7.43. The van der Waals surface area contributed by atoms with Crippen LogP contribution in [0, 0.1) is 11.8 Å². The molecule has 0 radical (unpaired) electrons. The van der Waals surface area contributed by atoms with Gasteiger partial charge in [-0.05, 0) is 30.3 Å². The Balaban J connectivity index is 1.85. The van der Waals surface area contributed by atoms with E-state index >= 15 is 0 Å². The number of nitrogen functional groups attached to an aromatic ring is 1. The van der Waals surface area contributed by atoms with Crippen LogP contribution in [0.2, 0.25) is 0 Å². The Kier molecular flexibility index (Phi) is 3.53. The summed E-state index contributed by atoms with van der Waals surface area (Å²) in [6, 6.07) is 10.6. The monoisotopic (exact) mass is 338 g/mol. The van der Waals surface area contributed by atoms with Gasteiger partial charge in [-0.15, -0.1) is 0 Å². The van der Waals surface area contributed by atoms with Crippen molar-refractivity contribution in [3.05, 3.63) is 66.6 Å². The number of hydrogen-bond acceptors (Lipinski definition) is 5. The second-order valence-electron chi connectivity index (χ2n) is 5.38. The van der Waals surface area contributed by atoms with Gasteiger partial charge in [0.2, 0.25) is 11.8 Å². The first-order valence-electron chi connectivity index (χ1n) is 7.43. The lowest BCUT2D eigenvalue weighted by molar-refractivity contribution is 0.584. The van der Waals surface area contributed by atoms with Gasteiger partial charge in [-0.2, -0.15) is 4.39 Å².